The van der Waals surface area contributed by atoms with E-state index in [2.05, 4.69) is 98.2 Å². The second-order valence-electron chi connectivity index (χ2n) is 12.8. The molecular weight excluding hydrogens is 580 g/mol. The van der Waals surface area contributed by atoms with E-state index in [0.717, 1.165) is 50.5 Å². The maximum atomic E-state index is 6.62. The van der Waals surface area contributed by atoms with Crippen molar-refractivity contribution in [2.75, 3.05) is 17.7 Å². The van der Waals surface area contributed by atoms with E-state index < -0.39 is 0 Å². The quantitative estimate of drug-likeness (QED) is 0.208. The van der Waals surface area contributed by atoms with E-state index in [1.807, 2.05) is 61.0 Å². The lowest BCUT2D eigenvalue weighted by atomic mass is 9.80. The van der Waals surface area contributed by atoms with E-state index in [4.69, 9.17) is 14.2 Å². The molecule has 0 amide bonds. The number of para-hydroxylation sites is 1. The largest absolute Gasteiger partial charge is 0.496 e. The van der Waals surface area contributed by atoms with Gasteiger partial charge in [-0.2, -0.15) is 0 Å². The van der Waals surface area contributed by atoms with Crippen LogP contribution >= 0.6 is 0 Å². The number of methoxy groups -OCH3 is 1. The number of allylic oxidation sites excluding steroid dienone is 2. The van der Waals surface area contributed by atoms with Crippen LogP contribution in [0, 0.1) is 0 Å². The first-order valence-corrected chi connectivity index (χ1v) is 16.0. The number of nitrogens with one attached hydrogen (secondary N) is 2. The average molecular weight is 617 g/mol. The summed E-state index contributed by atoms with van der Waals surface area (Å²) >= 11 is 0. The highest BCUT2D eigenvalue weighted by molar-refractivity contribution is 5.92. The van der Waals surface area contributed by atoms with Crippen LogP contribution in [-0.2, 0) is 0 Å². The lowest BCUT2D eigenvalue weighted by Crippen LogP contribution is -2.32. The molecule has 0 saturated heterocycles. The molecule has 47 heavy (non-hydrogen) atoms. The first-order chi connectivity index (χ1) is 22.9. The molecule has 0 radical (unpaired) electrons. The van der Waals surface area contributed by atoms with Gasteiger partial charge in [-0.15, -0.1) is 0 Å². The maximum absolute atomic E-state index is 6.62. The van der Waals surface area contributed by atoms with Gasteiger partial charge < -0.3 is 24.8 Å². The van der Waals surface area contributed by atoms with E-state index >= 15 is 0 Å². The molecule has 0 aromatic heterocycles. The van der Waals surface area contributed by atoms with Gasteiger partial charge in [0.1, 0.15) is 17.2 Å². The Labute approximate surface area is 275 Å². The highest BCUT2D eigenvalue weighted by Gasteiger charge is 2.35. The van der Waals surface area contributed by atoms with Gasteiger partial charge in [-0.3, -0.25) is 0 Å². The van der Waals surface area contributed by atoms with Gasteiger partial charge in [0.15, 0.2) is 6.10 Å². The number of fused-ring (bicyclic) bond motifs is 10. The van der Waals surface area contributed by atoms with Gasteiger partial charge in [0.2, 0.25) is 0 Å². The fourth-order valence-corrected chi connectivity index (χ4v) is 7.23. The van der Waals surface area contributed by atoms with Crippen molar-refractivity contribution in [3.63, 3.8) is 0 Å². The zero-order valence-corrected chi connectivity index (χ0v) is 26.9. The van der Waals surface area contributed by atoms with Crippen LogP contribution in [0.2, 0.25) is 0 Å². The van der Waals surface area contributed by atoms with Gasteiger partial charge in [-0.25, -0.2) is 0 Å². The molecular formula is C42H36N2O3. The Morgan fingerprint density at radius 3 is 2.34 bits per heavy atom. The summed E-state index contributed by atoms with van der Waals surface area (Å²) in [6, 6.07) is 33.2. The molecule has 5 aromatic carbocycles. The third-order valence-corrected chi connectivity index (χ3v) is 9.13. The van der Waals surface area contributed by atoms with Crippen LogP contribution in [0.25, 0.3) is 40.2 Å². The average Bonchev–Trinajstić information content (AvgIpc) is 3.10. The molecule has 9 rings (SSSR count). The van der Waals surface area contributed by atoms with Crippen LogP contribution < -0.4 is 35.3 Å². The fraction of sp³-hybridized carbons (Fsp3) is 0.143. The second kappa shape index (κ2) is 11.3. The molecule has 0 saturated carbocycles. The normalized spacial score (nSPS) is 16.7. The van der Waals surface area contributed by atoms with Crippen molar-refractivity contribution in [2.24, 2.45) is 0 Å². The van der Waals surface area contributed by atoms with Gasteiger partial charge in [0, 0.05) is 44.7 Å². The van der Waals surface area contributed by atoms with E-state index in [0.29, 0.717) is 0 Å². The predicted octanol–water partition coefficient (Wildman–Crippen LogP) is 8.66. The molecule has 0 bridgehead atoms. The summed E-state index contributed by atoms with van der Waals surface area (Å²) in [6.07, 6.45) is 10.0. The molecule has 5 heteroatoms. The molecule has 232 valence electrons. The van der Waals surface area contributed by atoms with E-state index in [9.17, 15) is 0 Å². The summed E-state index contributed by atoms with van der Waals surface area (Å²) in [6.45, 7) is 6.59. The molecule has 5 nitrogen and oxygen atoms in total. The number of benzene rings is 5. The molecule has 4 heterocycles. The van der Waals surface area contributed by atoms with Crippen molar-refractivity contribution in [3.05, 3.63) is 143 Å². The highest BCUT2D eigenvalue weighted by Crippen LogP contribution is 2.53. The first kappa shape index (κ1) is 28.8. The lowest BCUT2D eigenvalue weighted by molar-refractivity contribution is 0.242. The first-order valence-electron chi connectivity index (χ1n) is 16.0. The van der Waals surface area contributed by atoms with Crippen LogP contribution in [0.1, 0.15) is 43.6 Å². The monoisotopic (exact) mass is 616 g/mol. The smallest absolute Gasteiger partial charge is 0.150 e. The molecule has 4 aliphatic heterocycles. The standard InChI is InChI=1S/C26H25NO2.C16H11NO/c1-16-15-26(2,3)27-19-14-13-18-23-20(28-4)11-8-12-21(23)29-25(24(18)22(16)19)17-9-6-5-7-10-17;1-2-6-16-13(4-1)11-7-8-15-12(5-3-9-17-15)14(11)10-18-16/h5-15,25,27H,1-4H3;1-10,17H. The number of anilines is 2. The van der Waals surface area contributed by atoms with Gasteiger partial charge >= 0.3 is 0 Å². The number of ether oxygens (including phenoxy) is 3. The van der Waals surface area contributed by atoms with Crippen LogP contribution in [-0.4, -0.2) is 12.6 Å². The minimum atomic E-state index is -0.174. The van der Waals surface area contributed by atoms with E-state index in [1.54, 1.807) is 7.11 Å². The van der Waals surface area contributed by atoms with Gasteiger partial charge in [-0.1, -0.05) is 78.9 Å². The van der Waals surface area contributed by atoms with Crippen LogP contribution in [0.15, 0.2) is 115 Å². The molecule has 0 aliphatic carbocycles. The van der Waals surface area contributed by atoms with Gasteiger partial charge in [-0.05, 0) is 79.4 Å². The Balaban J connectivity index is 0.000000153. The molecule has 4 aliphatic rings. The molecule has 1 atom stereocenters. The SMILES string of the molecule is C1=CNc2ccc3c(c2=C1)=COc1ccccc1-3.COc1cccc2c1-c1ccc3c(c1C(c1ccccc1)O2)C(C)=CC(C)(C)N3. The molecule has 0 fully saturated rings. The van der Waals surface area contributed by atoms with Crippen molar-refractivity contribution in [1.82, 2.24) is 0 Å². The van der Waals surface area contributed by atoms with Gasteiger partial charge in [0.05, 0.1) is 24.5 Å². The molecule has 5 aromatic rings. The van der Waals surface area contributed by atoms with E-state index in [-0.39, 0.29) is 11.6 Å². The van der Waals surface area contributed by atoms with Crippen LogP contribution in [0.5, 0.6) is 17.2 Å². The van der Waals surface area contributed by atoms with Crippen molar-refractivity contribution >= 4 is 29.3 Å². The summed E-state index contributed by atoms with van der Waals surface area (Å²) in [5, 5.41) is 9.25. The third kappa shape index (κ3) is 4.95. The van der Waals surface area contributed by atoms with Crippen molar-refractivity contribution in [2.45, 2.75) is 32.4 Å². The lowest BCUT2D eigenvalue weighted by Gasteiger charge is -2.37. The molecule has 0 spiro atoms. The zero-order chi connectivity index (χ0) is 32.1. The Kier molecular flexibility index (Phi) is 6.91. The zero-order valence-electron chi connectivity index (χ0n) is 26.9. The summed E-state index contributed by atoms with van der Waals surface area (Å²) in [4.78, 5) is 0. The molecule has 2 N–H and O–H groups in total. The van der Waals surface area contributed by atoms with E-state index in [1.165, 1.54) is 33.0 Å². The minimum absolute atomic E-state index is 0.0846. The summed E-state index contributed by atoms with van der Waals surface area (Å²) in [7, 11) is 1.71. The van der Waals surface area contributed by atoms with Crippen LogP contribution in [0.3, 0.4) is 0 Å². The topological polar surface area (TPSA) is 51.8 Å². The Bertz CT molecular complexity index is 2230. The number of rotatable bonds is 2. The van der Waals surface area contributed by atoms with Crippen molar-refractivity contribution in [1.29, 1.82) is 0 Å². The highest BCUT2D eigenvalue weighted by atomic mass is 16.5. The van der Waals surface area contributed by atoms with Gasteiger partial charge in [0.25, 0.3) is 0 Å². The predicted molar refractivity (Wildman–Crippen MR) is 192 cm³/mol. The van der Waals surface area contributed by atoms with Crippen molar-refractivity contribution < 1.29 is 14.2 Å². The Hall–Kier alpha value is -5.68. The third-order valence-electron chi connectivity index (χ3n) is 9.13. The van der Waals surface area contributed by atoms with Crippen LogP contribution in [0.4, 0.5) is 11.4 Å². The second-order valence-corrected chi connectivity index (χ2v) is 12.8. The Morgan fingerprint density at radius 2 is 1.49 bits per heavy atom. The minimum Gasteiger partial charge on any atom is -0.496 e. The summed E-state index contributed by atoms with van der Waals surface area (Å²) in [5.41, 5.74) is 11.6. The Morgan fingerprint density at radius 1 is 0.723 bits per heavy atom. The maximum Gasteiger partial charge on any atom is 0.150 e. The summed E-state index contributed by atoms with van der Waals surface area (Å²) < 4.78 is 18.0. The number of hydrogen-bond donors (Lipinski definition) is 2. The molecule has 1 unspecified atom stereocenters. The number of hydrogen-bond acceptors (Lipinski definition) is 5. The van der Waals surface area contributed by atoms with Crippen molar-refractivity contribution in [3.8, 4) is 39.5 Å². The summed E-state index contributed by atoms with van der Waals surface area (Å²) in [5.74, 6) is 2.61. The fourth-order valence-electron chi connectivity index (χ4n) is 7.23.